The van der Waals surface area contributed by atoms with Gasteiger partial charge in [-0.15, -0.1) is 11.3 Å². The molecule has 2 heterocycles. The molecule has 2 aromatic rings. The van der Waals surface area contributed by atoms with E-state index >= 15 is 0 Å². The second-order valence-corrected chi connectivity index (χ2v) is 7.21. The predicted octanol–water partition coefficient (Wildman–Crippen LogP) is 0.949. The number of nitrogens with one attached hydrogen (secondary N) is 2. The molecule has 0 saturated heterocycles. The summed E-state index contributed by atoms with van der Waals surface area (Å²) in [5.74, 6) is 0.530. The van der Waals surface area contributed by atoms with Crippen molar-refractivity contribution in [1.29, 1.82) is 0 Å². The zero-order valence-corrected chi connectivity index (χ0v) is 12.1. The van der Waals surface area contributed by atoms with E-state index in [4.69, 9.17) is 11.6 Å². The van der Waals surface area contributed by atoms with Crippen LogP contribution in [0.5, 0.6) is 0 Å². The fourth-order valence-electron chi connectivity index (χ4n) is 1.32. The molecule has 9 nitrogen and oxygen atoms in total. The lowest BCUT2D eigenvalue weighted by Gasteiger charge is -2.02. The van der Waals surface area contributed by atoms with Crippen molar-refractivity contribution in [3.05, 3.63) is 32.7 Å². The van der Waals surface area contributed by atoms with Crippen molar-refractivity contribution in [3.63, 3.8) is 0 Å². The van der Waals surface area contributed by atoms with Gasteiger partial charge in [-0.2, -0.15) is 5.10 Å². The molecule has 0 fully saturated rings. The zero-order valence-electron chi connectivity index (χ0n) is 9.74. The summed E-state index contributed by atoms with van der Waals surface area (Å²) in [4.78, 5) is 13.7. The molecule has 0 aliphatic rings. The Hall–Kier alpha value is -1.56. The monoisotopic (exact) mass is 337 g/mol. The number of aromatic nitrogens is 3. The molecule has 108 valence electrons. The van der Waals surface area contributed by atoms with Crippen molar-refractivity contribution < 1.29 is 13.3 Å². The third kappa shape index (κ3) is 3.30. The van der Waals surface area contributed by atoms with Crippen LogP contribution in [0.15, 0.2) is 16.6 Å². The van der Waals surface area contributed by atoms with Crippen LogP contribution in [0.3, 0.4) is 0 Å². The smallest absolute Gasteiger partial charge is 0.263 e. The topological polar surface area (TPSA) is 131 Å². The van der Waals surface area contributed by atoms with E-state index in [2.05, 4.69) is 19.9 Å². The van der Waals surface area contributed by atoms with Gasteiger partial charge in [0.1, 0.15) is 16.4 Å². The Balaban J connectivity index is 2.06. The molecule has 20 heavy (non-hydrogen) atoms. The predicted molar refractivity (Wildman–Crippen MR) is 71.3 cm³/mol. The van der Waals surface area contributed by atoms with Gasteiger partial charge in [-0.05, 0) is 0 Å². The molecule has 0 radical (unpaired) electrons. The van der Waals surface area contributed by atoms with Crippen LogP contribution in [0.4, 0.5) is 5.69 Å². The Morgan fingerprint density at radius 2 is 2.30 bits per heavy atom. The molecule has 2 N–H and O–H groups in total. The summed E-state index contributed by atoms with van der Waals surface area (Å²) in [6, 6.07) is 0.934. The number of rotatable bonds is 6. The summed E-state index contributed by atoms with van der Waals surface area (Å²) in [6.45, 7) is 0.0842. The first kappa shape index (κ1) is 14.8. The Labute approximate surface area is 122 Å². The van der Waals surface area contributed by atoms with Crippen LogP contribution in [0, 0.1) is 10.1 Å². The molecule has 0 aromatic carbocycles. The highest BCUT2D eigenvalue weighted by Gasteiger charge is 2.24. The number of hydrogen-bond acceptors (Lipinski definition) is 7. The summed E-state index contributed by atoms with van der Waals surface area (Å²) in [6.07, 6.45) is 1.63. The maximum atomic E-state index is 11.9. The molecule has 0 aliphatic heterocycles. The number of aromatic amines is 1. The molecular formula is C8H8ClN5O4S2. The summed E-state index contributed by atoms with van der Waals surface area (Å²) in [7, 11) is -3.83. The minimum absolute atomic E-state index is 0.0842. The second kappa shape index (κ2) is 5.83. The minimum atomic E-state index is -3.83. The Morgan fingerprint density at radius 3 is 2.85 bits per heavy atom. The molecular weight excluding hydrogens is 330 g/mol. The van der Waals surface area contributed by atoms with Gasteiger partial charge in [0, 0.05) is 19.0 Å². The minimum Gasteiger partial charge on any atom is -0.263 e. The van der Waals surface area contributed by atoms with Crippen molar-refractivity contribution in [3.8, 4) is 0 Å². The van der Waals surface area contributed by atoms with E-state index < -0.39 is 20.6 Å². The van der Waals surface area contributed by atoms with Gasteiger partial charge >= 0.3 is 0 Å². The Bertz CT molecular complexity index is 711. The van der Waals surface area contributed by atoms with Gasteiger partial charge in [-0.1, -0.05) is 11.6 Å². The maximum absolute atomic E-state index is 11.9. The fraction of sp³-hybridized carbons (Fsp3) is 0.250. The van der Waals surface area contributed by atoms with Gasteiger partial charge in [-0.25, -0.2) is 18.1 Å². The van der Waals surface area contributed by atoms with Gasteiger partial charge in [0.25, 0.3) is 5.69 Å². The van der Waals surface area contributed by atoms with Crippen LogP contribution in [0.1, 0.15) is 5.82 Å². The number of sulfonamides is 1. The first-order valence-electron chi connectivity index (χ1n) is 5.18. The number of halogens is 1. The third-order valence-electron chi connectivity index (χ3n) is 2.23. The summed E-state index contributed by atoms with van der Waals surface area (Å²) in [5, 5.41) is 16.8. The van der Waals surface area contributed by atoms with Crippen LogP contribution in [-0.4, -0.2) is 35.1 Å². The molecule has 0 atom stereocenters. The number of hydrogen-bond donors (Lipinski definition) is 2. The third-order valence-corrected chi connectivity index (χ3v) is 5.50. The van der Waals surface area contributed by atoms with E-state index in [0.29, 0.717) is 23.6 Å². The summed E-state index contributed by atoms with van der Waals surface area (Å²) >= 11 is 6.26. The summed E-state index contributed by atoms with van der Waals surface area (Å²) < 4.78 is 25.8. The van der Waals surface area contributed by atoms with Gasteiger partial charge < -0.3 is 0 Å². The highest BCUT2D eigenvalue weighted by atomic mass is 35.5. The number of thiophene rings is 1. The molecule has 2 aromatic heterocycles. The number of H-pyrrole nitrogens is 1. The molecule has 0 bridgehead atoms. The van der Waals surface area contributed by atoms with E-state index in [1.54, 1.807) is 0 Å². The lowest BCUT2D eigenvalue weighted by atomic mass is 10.4. The maximum Gasteiger partial charge on any atom is 0.300 e. The van der Waals surface area contributed by atoms with Crippen LogP contribution >= 0.6 is 22.9 Å². The van der Waals surface area contributed by atoms with Crippen molar-refractivity contribution in [2.24, 2.45) is 0 Å². The molecule has 0 aliphatic carbocycles. The average molecular weight is 338 g/mol. The average Bonchev–Trinajstić information content (AvgIpc) is 2.98. The highest BCUT2D eigenvalue weighted by Crippen LogP contribution is 2.35. The van der Waals surface area contributed by atoms with E-state index in [0.717, 1.165) is 6.07 Å². The molecule has 0 amide bonds. The SMILES string of the molecule is O=[N+]([O-])c1cc(S(=O)(=O)NCCc2ncn[nH]2)sc1Cl. The first-order chi connectivity index (χ1) is 9.40. The van der Waals surface area contributed by atoms with Crippen LogP contribution < -0.4 is 4.72 Å². The molecule has 0 spiro atoms. The van der Waals surface area contributed by atoms with Gasteiger partial charge in [0.2, 0.25) is 10.0 Å². The van der Waals surface area contributed by atoms with Crippen LogP contribution in [0.25, 0.3) is 0 Å². The summed E-state index contributed by atoms with van der Waals surface area (Å²) in [5.41, 5.74) is -0.424. The van der Waals surface area contributed by atoms with Gasteiger partial charge in [0.05, 0.1) is 4.92 Å². The van der Waals surface area contributed by atoms with E-state index in [1.165, 1.54) is 6.33 Å². The lowest BCUT2D eigenvalue weighted by Crippen LogP contribution is -2.25. The Kier molecular flexibility index (Phi) is 4.32. The van der Waals surface area contributed by atoms with E-state index in [-0.39, 0.29) is 15.1 Å². The molecule has 2 rings (SSSR count). The number of nitrogens with zero attached hydrogens (tertiary/aromatic N) is 3. The van der Waals surface area contributed by atoms with Crippen molar-refractivity contribution in [2.75, 3.05) is 6.54 Å². The van der Waals surface area contributed by atoms with E-state index in [9.17, 15) is 18.5 Å². The molecule has 0 saturated carbocycles. The highest BCUT2D eigenvalue weighted by molar-refractivity contribution is 7.91. The fourth-order valence-corrected chi connectivity index (χ4v) is 4.06. The van der Waals surface area contributed by atoms with E-state index in [1.807, 2.05) is 0 Å². The van der Waals surface area contributed by atoms with Crippen molar-refractivity contribution in [1.82, 2.24) is 19.9 Å². The largest absolute Gasteiger partial charge is 0.300 e. The standard InChI is InChI=1S/C8H8ClN5O4S2/c9-8-5(14(15)16)3-7(19-8)20(17,18)12-2-1-6-10-4-11-13-6/h3-4,12H,1-2H2,(H,10,11,13). The van der Waals surface area contributed by atoms with Crippen molar-refractivity contribution in [2.45, 2.75) is 10.6 Å². The van der Waals surface area contributed by atoms with Crippen LogP contribution in [-0.2, 0) is 16.4 Å². The molecule has 0 unspecified atom stereocenters. The second-order valence-electron chi connectivity index (χ2n) is 3.56. The van der Waals surface area contributed by atoms with Gasteiger partial charge in [0.15, 0.2) is 4.34 Å². The first-order valence-corrected chi connectivity index (χ1v) is 7.85. The quantitative estimate of drug-likeness (QED) is 0.596. The van der Waals surface area contributed by atoms with Crippen molar-refractivity contribution >= 4 is 38.6 Å². The Morgan fingerprint density at radius 1 is 1.55 bits per heavy atom. The van der Waals surface area contributed by atoms with Gasteiger partial charge in [-0.3, -0.25) is 15.2 Å². The molecule has 12 heteroatoms. The number of nitro groups is 1. The zero-order chi connectivity index (χ0) is 14.8. The lowest BCUT2D eigenvalue weighted by molar-refractivity contribution is -0.384. The normalized spacial score (nSPS) is 11.7. The van der Waals surface area contributed by atoms with Crippen LogP contribution in [0.2, 0.25) is 4.34 Å².